The second kappa shape index (κ2) is 35.6. The number of carbonyl (C=O) groups excluding carboxylic acids is 8. The number of piperidine rings is 4. The zero-order valence-corrected chi connectivity index (χ0v) is 70.5. The highest BCUT2D eigenvalue weighted by atomic mass is 19.3. The number of alkyl halides is 5. The second-order valence-electron chi connectivity index (χ2n) is 34.0. The lowest BCUT2D eigenvalue weighted by atomic mass is 9.85. The van der Waals surface area contributed by atoms with Crippen molar-refractivity contribution in [3.8, 4) is 22.9 Å². The first-order valence-corrected chi connectivity index (χ1v) is 41.8. The number of carboxylic acids is 1. The Balaban J connectivity index is 0.000000131. The molecule has 660 valence electrons. The predicted molar refractivity (Wildman–Crippen MR) is 461 cm³/mol. The minimum atomic E-state index is -2.72. The van der Waals surface area contributed by atoms with E-state index in [-0.39, 0.29) is 73.7 Å². The van der Waals surface area contributed by atoms with Crippen LogP contribution >= 0.6 is 0 Å². The van der Waals surface area contributed by atoms with Crippen molar-refractivity contribution >= 4 is 103 Å². The van der Waals surface area contributed by atoms with E-state index in [1.165, 1.54) is 39.4 Å². The summed E-state index contributed by atoms with van der Waals surface area (Å²) in [5, 5.41) is 12.1. The van der Waals surface area contributed by atoms with Gasteiger partial charge in [0.2, 0.25) is 11.8 Å². The third-order valence-electron chi connectivity index (χ3n) is 24.4. The fourth-order valence-electron chi connectivity index (χ4n) is 16.1. The molecule has 1 aromatic carbocycles. The van der Waals surface area contributed by atoms with E-state index in [1.807, 2.05) is 64.0 Å². The third-order valence-corrected chi connectivity index (χ3v) is 24.4. The van der Waals surface area contributed by atoms with E-state index in [0.29, 0.717) is 176 Å². The summed E-state index contributed by atoms with van der Waals surface area (Å²) < 4.78 is 81.4. The number of nitrogens with two attached hydrogens (primary N) is 3. The molecule has 0 bridgehead atoms. The number of carbonyl (C=O) groups is 9. The van der Waals surface area contributed by atoms with Crippen molar-refractivity contribution in [3.63, 3.8) is 0 Å². The van der Waals surface area contributed by atoms with Gasteiger partial charge >= 0.3 is 12.1 Å². The minimum absolute atomic E-state index is 0.0132. The van der Waals surface area contributed by atoms with Gasteiger partial charge in [-0.15, -0.1) is 0 Å². The number of benzene rings is 1. The van der Waals surface area contributed by atoms with Gasteiger partial charge in [-0.25, -0.2) is 61.4 Å². The van der Waals surface area contributed by atoms with Crippen LogP contribution in [-0.4, -0.2) is 243 Å². The first kappa shape index (κ1) is 88.0. The van der Waals surface area contributed by atoms with Crippen LogP contribution in [0.25, 0.3) is 67.0 Å². The largest absolute Gasteiger partial charge is 0.478 e. The van der Waals surface area contributed by atoms with E-state index in [4.69, 9.17) is 27.0 Å². The lowest BCUT2D eigenvalue weighted by Gasteiger charge is -2.34. The van der Waals surface area contributed by atoms with Crippen molar-refractivity contribution in [1.29, 1.82) is 0 Å². The molecule has 36 heteroatoms. The van der Waals surface area contributed by atoms with E-state index < -0.39 is 58.3 Å². The lowest BCUT2D eigenvalue weighted by molar-refractivity contribution is -0.122. The summed E-state index contributed by atoms with van der Waals surface area (Å²) in [4.78, 5) is 151. The number of rotatable bonds is 15. The molecule has 0 aliphatic carbocycles. The van der Waals surface area contributed by atoms with Crippen molar-refractivity contribution in [2.45, 2.75) is 139 Å². The number of cyclic esters (lactones) is 1. The number of carboxylic acid groups (broad SMARTS) is 1. The molecule has 0 unspecified atom stereocenters. The molecular weight excluding hydrogens is 1640 g/mol. The molecule has 7 N–H and O–H groups in total. The van der Waals surface area contributed by atoms with Crippen molar-refractivity contribution in [2.24, 2.45) is 17.2 Å². The quantitative estimate of drug-likeness (QED) is 0.0693. The summed E-state index contributed by atoms with van der Waals surface area (Å²) in [7, 11) is 0. The fourth-order valence-corrected chi connectivity index (χ4v) is 16.1. The maximum atomic E-state index is 14.1. The molecule has 11 aromatic heterocycles. The summed E-state index contributed by atoms with van der Waals surface area (Å²) in [6, 6.07) is 29.4. The molecule has 0 spiro atoms. The molecule has 0 radical (unpaired) electrons. The van der Waals surface area contributed by atoms with Crippen LogP contribution in [0.4, 0.5) is 32.6 Å². The maximum absolute atomic E-state index is 14.1. The van der Waals surface area contributed by atoms with Crippen LogP contribution in [0.2, 0.25) is 0 Å². The van der Waals surface area contributed by atoms with Gasteiger partial charge in [-0.1, -0.05) is 6.07 Å². The third kappa shape index (κ3) is 19.2. The fraction of sp³-hybridized carbons (Fsp3) is 0.363. The molecule has 12 aromatic rings. The average Bonchev–Trinajstić information content (AvgIpc) is 1.67. The molecule has 18 rings (SSSR count). The highest BCUT2D eigenvalue weighted by Gasteiger charge is 2.40. The summed E-state index contributed by atoms with van der Waals surface area (Å²) in [6.45, 7) is 11.8. The second-order valence-corrected chi connectivity index (χ2v) is 34.0. The molecule has 127 heavy (non-hydrogen) atoms. The van der Waals surface area contributed by atoms with Crippen LogP contribution in [0.1, 0.15) is 167 Å². The van der Waals surface area contributed by atoms with Crippen molar-refractivity contribution in [3.05, 3.63) is 216 Å². The van der Waals surface area contributed by atoms with Gasteiger partial charge in [-0.05, 0) is 189 Å². The molecular formula is C91H95F5N20O11. The van der Waals surface area contributed by atoms with Gasteiger partial charge in [0.1, 0.15) is 63.4 Å². The van der Waals surface area contributed by atoms with Crippen LogP contribution in [0.15, 0.2) is 177 Å². The predicted octanol–water partition coefficient (Wildman–Crippen LogP) is 11.9. The van der Waals surface area contributed by atoms with Crippen LogP contribution in [-0.2, 0) is 19.7 Å². The normalized spacial score (nSPS) is 18.3. The molecule has 8 amide bonds. The lowest BCUT2D eigenvalue weighted by Crippen LogP contribution is -2.43. The standard InChI is InChI=1S/C25H25F2N5O3.C23H25FN6O3.C23H26FN5O2.C20H19FN4O3/c26-25(27)7-11-30(12-8-25)23(34)18-13-16-6-10-31(22(16)29-15-18)19-4-1-3-17(14-19)24(35)32-9-2-5-20(32)21(28)33;1-23(24)5-8-28(9-6-23)21(31)16-10-15-4-7-29(20(15)27-12-16)17-2-3-19(26-13-17)30-14-18(11-25)33-22(30)32;1-22(2,21(25)31)17-11-18(14-26-13-17)29-7-4-15-10-16(12-27-19(15)29)20(30)28-8-5-23(3,24)6-9-28;1-20(21)5-8-24(9-6-20)18(26)15-10-13-4-7-25(17(13)23-12-15)16-3-2-14(11-22-16)19(27)28/h1,3-4,6,10,13-15,20H,2,5,7-9,11-12H2,(H2,28,33);2-4,7,10,12-13,18H,5-6,8-9,11,14,25H2,1H3;4,7,10-14H,5-6,8-9H2,1-3H3,(H2,25,31);2-4,7,10-12H,5-6,8-9H2,1H3,(H,27,28)/t20-;18-;;/m01../s1. The number of aromatic nitrogens is 11. The molecule has 6 saturated heterocycles. The van der Waals surface area contributed by atoms with Gasteiger partial charge in [0.25, 0.3) is 35.5 Å². The molecule has 2 atom stereocenters. The van der Waals surface area contributed by atoms with Gasteiger partial charge in [0, 0.05) is 173 Å². The highest BCUT2D eigenvalue weighted by Crippen LogP contribution is 2.35. The monoisotopic (exact) mass is 1740 g/mol. The Morgan fingerprint density at radius 2 is 0.882 bits per heavy atom. The SMILES string of the molecule is CC1(F)CCN(C(=O)c2cnc3c(ccn3-c3ccc(C(=O)O)cn3)c2)CC1.CC1(F)CCN(C(=O)c2cnc3c(ccn3-c3ccc(N4C[C@@H](CN)OC4=O)nc3)c2)CC1.CC1(F)CCN(C(=O)c2cnc3c(ccn3-c3cncc(C(C)(C)C(N)=O)c3)c2)CC1.NC(=O)[C@@H]1CCCN1C(=O)c1cccc(-n2ccc3cc(C(=O)N4CCC(F)(F)CC4)cnc32)c1. The Morgan fingerprint density at radius 3 is 1.30 bits per heavy atom. The zero-order valence-electron chi connectivity index (χ0n) is 70.5. The number of hydrogen-bond donors (Lipinski definition) is 4. The Hall–Kier alpha value is -13.9. The number of pyridine rings is 7. The van der Waals surface area contributed by atoms with Crippen LogP contribution in [0.5, 0.6) is 0 Å². The van der Waals surface area contributed by atoms with Crippen LogP contribution in [0.3, 0.4) is 0 Å². The summed E-state index contributed by atoms with van der Waals surface area (Å²) in [5.74, 6) is -4.66. The molecule has 6 aliphatic rings. The number of anilines is 1. The molecule has 6 aliphatic heterocycles. The van der Waals surface area contributed by atoms with Crippen molar-refractivity contribution in [1.82, 2.24) is 77.7 Å². The van der Waals surface area contributed by atoms with Gasteiger partial charge in [0.15, 0.2) is 0 Å². The number of aromatic carboxylic acids is 1. The van der Waals surface area contributed by atoms with Crippen molar-refractivity contribution in [2.75, 3.05) is 76.9 Å². The van der Waals surface area contributed by atoms with E-state index in [0.717, 1.165) is 34.0 Å². The van der Waals surface area contributed by atoms with Gasteiger partial charge < -0.3 is 56.1 Å². The number of halogens is 5. The molecule has 0 saturated carbocycles. The van der Waals surface area contributed by atoms with Crippen LogP contribution < -0.4 is 22.1 Å². The zero-order chi connectivity index (χ0) is 90.2. The number of hydrogen-bond acceptors (Lipinski definition) is 18. The Labute approximate surface area is 725 Å². The first-order chi connectivity index (χ1) is 60.5. The van der Waals surface area contributed by atoms with E-state index >= 15 is 0 Å². The van der Waals surface area contributed by atoms with Crippen molar-refractivity contribution < 1.29 is 74.9 Å². The number of ether oxygens (including phenoxy) is 1. The molecule has 17 heterocycles. The highest BCUT2D eigenvalue weighted by molar-refractivity contribution is 6.02. The number of amides is 8. The Kier molecular flexibility index (Phi) is 24.7. The van der Waals surface area contributed by atoms with Gasteiger partial charge in [0.05, 0.1) is 63.5 Å². The van der Waals surface area contributed by atoms with E-state index in [9.17, 15) is 65.1 Å². The number of nitrogens with zero attached hydrogens (tertiary/aromatic N) is 17. The van der Waals surface area contributed by atoms with Gasteiger partial charge in [-0.2, -0.15) is 0 Å². The minimum Gasteiger partial charge on any atom is -0.478 e. The van der Waals surface area contributed by atoms with E-state index in [1.54, 1.807) is 156 Å². The first-order valence-electron chi connectivity index (χ1n) is 41.8. The topological polar surface area (TPSA) is 391 Å². The number of likely N-dealkylation sites (tertiary alicyclic amines) is 5. The van der Waals surface area contributed by atoms with E-state index in [2.05, 4.69) is 34.9 Å². The average molecular weight is 1740 g/mol. The molecule has 6 fully saturated rings. The number of primary amides is 2. The molecule has 31 nitrogen and oxygen atoms in total. The maximum Gasteiger partial charge on any atom is 0.415 e. The summed E-state index contributed by atoms with van der Waals surface area (Å²) in [6.07, 6.45) is 21.5. The van der Waals surface area contributed by atoms with Crippen LogP contribution in [0, 0.1) is 0 Å². The Morgan fingerprint density at radius 1 is 0.457 bits per heavy atom. The summed E-state index contributed by atoms with van der Waals surface area (Å²) in [5.41, 5.74) is 19.9. The Bertz CT molecular complexity index is 6210. The number of fused-ring (bicyclic) bond motifs is 4. The smallest absolute Gasteiger partial charge is 0.415 e. The van der Waals surface area contributed by atoms with Gasteiger partial charge in [-0.3, -0.25) is 57.1 Å². The summed E-state index contributed by atoms with van der Waals surface area (Å²) >= 11 is 0.